The number of hydrogen-bond acceptors (Lipinski definition) is 22. The Labute approximate surface area is 659 Å². The van der Waals surface area contributed by atoms with Gasteiger partial charge in [-0.25, -0.2) is 38.4 Å². The second-order valence-corrected chi connectivity index (χ2v) is 25.7. The molecule has 0 aliphatic carbocycles. The summed E-state index contributed by atoms with van der Waals surface area (Å²) in [4.78, 5) is 97.1. The van der Waals surface area contributed by atoms with Crippen molar-refractivity contribution in [1.82, 2.24) is 0 Å². The maximum atomic E-state index is 14.1. The zero-order chi connectivity index (χ0) is 80.4. The normalized spacial score (nSPS) is 10.8. The summed E-state index contributed by atoms with van der Waals surface area (Å²) < 4.78 is 80.8. The van der Waals surface area contributed by atoms with Crippen LogP contribution in [0.2, 0.25) is 0 Å². The SMILES string of the molecule is C=CC(=O)OCCCCCCOc1cc(C(=O)Oc2ccc(/C=C/c3ccc(/C=C/c4ccc(OC(=O)c5cc(OCCCCCCOC(=O)C=C)c(OCCCCCCOC(=O)C=C)c(OCCCCCCOC(=O)C=C)c5)cc4)cc3)cc2)cc(OCCCCCCOC(=O)C=C)c1OCCCCCCOC(=O)C=C. The molecular weight excluding hydrogens is 1430 g/mol. The Balaban J connectivity index is 1.24. The first kappa shape index (κ1) is 91.2. The average Bonchev–Trinajstić information content (AvgIpc) is 0.816. The Kier molecular flexibility index (Phi) is 46.2. The van der Waals surface area contributed by atoms with Crippen LogP contribution in [-0.2, 0) is 57.2 Å². The van der Waals surface area contributed by atoms with Crippen LogP contribution in [0.25, 0.3) is 24.3 Å². The summed E-state index contributed by atoms with van der Waals surface area (Å²) in [6.45, 7) is 24.2. The maximum Gasteiger partial charge on any atom is 0.343 e. The fraction of sp³-hybridized carbons (Fsp3) is 0.400. The van der Waals surface area contributed by atoms with Gasteiger partial charge in [-0.3, -0.25) is 0 Å². The van der Waals surface area contributed by atoms with Gasteiger partial charge in [0.2, 0.25) is 11.5 Å². The van der Waals surface area contributed by atoms with Crippen molar-refractivity contribution in [2.24, 2.45) is 0 Å². The Bertz CT molecular complexity index is 3450. The molecule has 0 unspecified atom stereocenters. The van der Waals surface area contributed by atoms with E-state index in [2.05, 4.69) is 39.5 Å². The molecule has 112 heavy (non-hydrogen) atoms. The number of esters is 8. The maximum absolute atomic E-state index is 14.1. The van der Waals surface area contributed by atoms with Crippen LogP contribution in [0.3, 0.4) is 0 Å². The molecule has 0 bridgehead atoms. The van der Waals surface area contributed by atoms with Gasteiger partial charge in [-0.05, 0) is 225 Å². The number of unbranched alkanes of at least 4 members (excludes halogenated alkanes) is 18. The van der Waals surface area contributed by atoms with Gasteiger partial charge >= 0.3 is 47.8 Å². The molecule has 0 saturated carbocycles. The fourth-order valence-electron chi connectivity index (χ4n) is 10.6. The number of hydrogen-bond donors (Lipinski definition) is 0. The van der Waals surface area contributed by atoms with Crippen molar-refractivity contribution in [1.29, 1.82) is 0 Å². The van der Waals surface area contributed by atoms with Crippen LogP contribution in [-0.4, -0.2) is 127 Å². The Hall–Kier alpha value is -11.4. The molecule has 5 aromatic rings. The smallest absolute Gasteiger partial charge is 0.343 e. The molecule has 0 aliphatic rings. The largest absolute Gasteiger partial charge is 0.490 e. The first-order chi connectivity index (χ1) is 54.6. The molecule has 0 fully saturated rings. The highest BCUT2D eigenvalue weighted by Crippen LogP contribution is 2.42. The lowest BCUT2D eigenvalue weighted by molar-refractivity contribution is -0.138. The zero-order valence-electron chi connectivity index (χ0n) is 64.7. The van der Waals surface area contributed by atoms with Crippen LogP contribution in [0.1, 0.15) is 197 Å². The number of ether oxygens (including phenoxy) is 14. The van der Waals surface area contributed by atoms with Crippen LogP contribution in [0.15, 0.2) is 173 Å². The van der Waals surface area contributed by atoms with Gasteiger partial charge in [-0.15, -0.1) is 0 Å². The van der Waals surface area contributed by atoms with E-state index < -0.39 is 47.8 Å². The molecule has 0 aromatic heterocycles. The van der Waals surface area contributed by atoms with Gasteiger partial charge in [0.1, 0.15) is 11.5 Å². The average molecular weight is 1540 g/mol. The Morgan fingerprint density at radius 3 is 0.607 bits per heavy atom. The minimum absolute atomic E-state index is 0.184. The molecule has 5 aromatic carbocycles. The molecule has 22 heteroatoms. The van der Waals surface area contributed by atoms with Gasteiger partial charge in [0, 0.05) is 36.5 Å². The second-order valence-electron chi connectivity index (χ2n) is 25.7. The number of benzene rings is 5. The molecule has 0 amide bonds. The van der Waals surface area contributed by atoms with E-state index in [-0.39, 0.29) is 37.6 Å². The highest BCUT2D eigenvalue weighted by molar-refractivity contribution is 5.94. The molecule has 0 aliphatic heterocycles. The van der Waals surface area contributed by atoms with Gasteiger partial charge in [0.05, 0.1) is 90.4 Å². The first-order valence-corrected chi connectivity index (χ1v) is 38.6. The highest BCUT2D eigenvalue weighted by atomic mass is 16.6. The lowest BCUT2D eigenvalue weighted by atomic mass is 10.1. The van der Waals surface area contributed by atoms with Crippen LogP contribution < -0.4 is 37.9 Å². The standard InChI is InChI=1S/C90H110O22/c1-7-81(91)103-57-29-17-13-25-53-99-77-65-73(66-78(100-54-26-14-18-30-58-104-82(92)8-2)87(77)109-63-35-23-21-33-61-107-85(95)11-5)89(97)111-75-49-45-71(46-50-75)43-41-69-37-39-70(40-38-69)42-44-72-47-51-76(52-48-72)112-90(98)74-67-79(101-55-27-15-19-31-59-105-83(93)9-3)88(110-64-36-24-22-34-62-108-86(96)12-6)80(68-74)102-56-28-16-20-32-60-106-84(94)10-4/h7-12,37-52,65-68H,1-6,13-36,53-64H2/b43-41+,44-42+. The molecule has 0 spiro atoms. The molecule has 22 nitrogen and oxygen atoms in total. The van der Waals surface area contributed by atoms with E-state index >= 15 is 0 Å². The van der Waals surface area contributed by atoms with Gasteiger partial charge < -0.3 is 66.3 Å². The van der Waals surface area contributed by atoms with Crippen LogP contribution in [0.4, 0.5) is 0 Å². The Morgan fingerprint density at radius 2 is 0.411 bits per heavy atom. The van der Waals surface area contributed by atoms with Crippen molar-refractivity contribution in [3.63, 3.8) is 0 Å². The summed E-state index contributed by atoms with van der Waals surface area (Å²) in [6.07, 6.45) is 32.4. The summed E-state index contributed by atoms with van der Waals surface area (Å²) >= 11 is 0. The summed E-state index contributed by atoms with van der Waals surface area (Å²) in [5.41, 5.74) is 4.00. The summed E-state index contributed by atoms with van der Waals surface area (Å²) in [7, 11) is 0. The van der Waals surface area contributed by atoms with E-state index in [1.807, 2.05) is 72.8 Å². The van der Waals surface area contributed by atoms with Crippen LogP contribution in [0, 0.1) is 0 Å². The monoisotopic (exact) mass is 1540 g/mol. The minimum atomic E-state index is -0.639. The molecular formula is C90H110O22. The van der Waals surface area contributed by atoms with Crippen LogP contribution >= 0.6 is 0 Å². The zero-order valence-corrected chi connectivity index (χ0v) is 64.7. The lowest BCUT2D eigenvalue weighted by Gasteiger charge is -2.19. The van der Waals surface area contributed by atoms with E-state index in [4.69, 9.17) is 66.3 Å². The van der Waals surface area contributed by atoms with Crippen molar-refractivity contribution < 1.29 is 105 Å². The van der Waals surface area contributed by atoms with E-state index in [1.165, 1.54) is 0 Å². The molecule has 0 radical (unpaired) electrons. The van der Waals surface area contributed by atoms with E-state index in [9.17, 15) is 38.4 Å². The van der Waals surface area contributed by atoms with E-state index in [1.54, 1.807) is 48.5 Å². The van der Waals surface area contributed by atoms with Gasteiger partial charge in [0.25, 0.3) is 0 Å². The number of carbonyl (C=O) groups excluding carboxylic acids is 8. The summed E-state index contributed by atoms with van der Waals surface area (Å²) in [5, 5.41) is 0. The van der Waals surface area contributed by atoms with Crippen molar-refractivity contribution in [3.8, 4) is 46.0 Å². The second kappa shape index (κ2) is 56.8. The summed E-state index contributed by atoms with van der Waals surface area (Å²) in [5.74, 6) is -1.45. The third-order valence-electron chi connectivity index (χ3n) is 16.8. The number of rotatable bonds is 62. The predicted octanol–water partition coefficient (Wildman–Crippen LogP) is 18.5. The number of carbonyl (C=O) groups is 8. The summed E-state index contributed by atoms with van der Waals surface area (Å²) in [6, 6.07) is 28.7. The van der Waals surface area contributed by atoms with Gasteiger partial charge in [-0.1, -0.05) is 112 Å². The van der Waals surface area contributed by atoms with E-state index in [0.717, 1.165) is 136 Å². The topological polar surface area (TPSA) is 266 Å². The first-order valence-electron chi connectivity index (χ1n) is 38.6. The van der Waals surface area contributed by atoms with Crippen LogP contribution in [0.5, 0.6) is 46.0 Å². The third-order valence-corrected chi connectivity index (χ3v) is 16.8. The molecule has 0 saturated heterocycles. The van der Waals surface area contributed by atoms with Crippen molar-refractivity contribution in [3.05, 3.63) is 206 Å². The lowest BCUT2D eigenvalue weighted by Crippen LogP contribution is -2.12. The van der Waals surface area contributed by atoms with Crippen molar-refractivity contribution >= 4 is 72.1 Å². The van der Waals surface area contributed by atoms with Crippen molar-refractivity contribution in [2.45, 2.75) is 154 Å². The van der Waals surface area contributed by atoms with Crippen molar-refractivity contribution in [2.75, 3.05) is 79.3 Å². The van der Waals surface area contributed by atoms with E-state index in [0.29, 0.717) is 176 Å². The molecule has 602 valence electrons. The van der Waals surface area contributed by atoms with Gasteiger partial charge in [0.15, 0.2) is 23.0 Å². The molecule has 0 atom stereocenters. The quantitative estimate of drug-likeness (QED) is 0.00874. The predicted molar refractivity (Wildman–Crippen MR) is 431 cm³/mol. The molecule has 0 N–H and O–H groups in total. The third kappa shape index (κ3) is 39.3. The molecule has 5 rings (SSSR count). The Morgan fingerprint density at radius 1 is 0.232 bits per heavy atom. The molecule has 0 heterocycles. The highest BCUT2D eigenvalue weighted by Gasteiger charge is 2.23. The van der Waals surface area contributed by atoms with Gasteiger partial charge in [-0.2, -0.15) is 0 Å². The minimum Gasteiger partial charge on any atom is -0.490 e. The fourth-order valence-corrected chi connectivity index (χ4v) is 10.6.